The summed E-state index contributed by atoms with van der Waals surface area (Å²) in [4.78, 5) is 21.9. The van der Waals surface area contributed by atoms with E-state index < -0.39 is 18.1 Å². The third-order valence-corrected chi connectivity index (χ3v) is 3.05. The number of rotatable bonds is 5. The summed E-state index contributed by atoms with van der Waals surface area (Å²) in [6, 6.07) is 2.20. The van der Waals surface area contributed by atoms with E-state index in [1.165, 1.54) is 12.1 Å². The maximum atomic E-state index is 11.6. The van der Waals surface area contributed by atoms with Crippen molar-refractivity contribution in [3.8, 4) is 0 Å². The van der Waals surface area contributed by atoms with Gasteiger partial charge in [0.05, 0.1) is 15.7 Å². The molecule has 0 saturated heterocycles. The van der Waals surface area contributed by atoms with Gasteiger partial charge < -0.3 is 20.8 Å². The molecule has 0 bridgehead atoms. The van der Waals surface area contributed by atoms with Crippen LogP contribution in [0.2, 0.25) is 15.1 Å². The Morgan fingerprint density at radius 1 is 1.20 bits per heavy atom. The monoisotopic (exact) mass is 340 g/mol. The van der Waals surface area contributed by atoms with E-state index in [1.54, 1.807) is 0 Å². The Hall–Kier alpha value is -1.21. The number of carbonyl (C=O) groups excluding carboxylic acids is 1. The molecule has 1 aromatic rings. The van der Waals surface area contributed by atoms with Crippen molar-refractivity contribution < 1.29 is 19.8 Å². The van der Waals surface area contributed by atoms with Crippen LogP contribution in [0.15, 0.2) is 12.1 Å². The van der Waals surface area contributed by atoms with Gasteiger partial charge in [-0.05, 0) is 12.1 Å². The third kappa shape index (κ3) is 5.05. The molecular weight excluding hydrogens is 330 g/mol. The van der Waals surface area contributed by atoms with E-state index in [1.807, 2.05) is 0 Å². The molecule has 9 heteroatoms. The number of anilines is 1. The maximum Gasteiger partial charge on any atom is 0.332 e. The third-order valence-electron chi connectivity index (χ3n) is 2.23. The van der Waals surface area contributed by atoms with E-state index in [2.05, 4.69) is 10.6 Å². The number of aliphatic hydroxyl groups is 1. The summed E-state index contributed by atoms with van der Waals surface area (Å²) in [5, 5.41) is 22.9. The zero-order valence-electron chi connectivity index (χ0n) is 9.99. The number of hydrogen-bond acceptors (Lipinski definition) is 3. The maximum absolute atomic E-state index is 11.6. The lowest BCUT2D eigenvalue weighted by atomic mass is 10.2. The standard InChI is InChI=1S/C11H11Cl3N2O4/c12-5-3-6(13)9(7(14)4-5)16-11(20)15-2-1-8(17)10(18)19/h3-4,8,17H,1-2H2,(H,18,19)(H2,15,16,20)/t8-/m0/s1. The minimum atomic E-state index is -1.53. The molecule has 1 rings (SSSR count). The van der Waals surface area contributed by atoms with Crippen molar-refractivity contribution in [2.45, 2.75) is 12.5 Å². The van der Waals surface area contributed by atoms with Gasteiger partial charge in [-0.2, -0.15) is 0 Å². The van der Waals surface area contributed by atoms with Crippen molar-refractivity contribution in [3.05, 3.63) is 27.2 Å². The van der Waals surface area contributed by atoms with E-state index in [9.17, 15) is 9.59 Å². The molecule has 6 nitrogen and oxygen atoms in total. The van der Waals surface area contributed by atoms with Crippen LogP contribution in [0.5, 0.6) is 0 Å². The molecule has 0 heterocycles. The topological polar surface area (TPSA) is 98.7 Å². The van der Waals surface area contributed by atoms with Crippen molar-refractivity contribution in [1.82, 2.24) is 5.32 Å². The molecule has 0 aliphatic carbocycles. The van der Waals surface area contributed by atoms with E-state index in [0.717, 1.165) is 0 Å². The van der Waals surface area contributed by atoms with Crippen LogP contribution >= 0.6 is 34.8 Å². The van der Waals surface area contributed by atoms with E-state index in [4.69, 9.17) is 45.0 Å². The number of amides is 2. The number of benzene rings is 1. The zero-order chi connectivity index (χ0) is 15.3. The van der Waals surface area contributed by atoms with Crippen LogP contribution in [0.4, 0.5) is 10.5 Å². The van der Waals surface area contributed by atoms with Crippen molar-refractivity contribution >= 4 is 52.5 Å². The summed E-state index contributed by atoms with van der Waals surface area (Å²) >= 11 is 17.5. The first-order valence-electron chi connectivity index (χ1n) is 5.41. The molecular formula is C11H11Cl3N2O4. The Balaban J connectivity index is 2.53. The van der Waals surface area contributed by atoms with Crippen LogP contribution in [0.25, 0.3) is 0 Å². The van der Waals surface area contributed by atoms with Gasteiger partial charge in [0.1, 0.15) is 0 Å². The molecule has 20 heavy (non-hydrogen) atoms. The highest BCUT2D eigenvalue weighted by Crippen LogP contribution is 2.33. The highest BCUT2D eigenvalue weighted by atomic mass is 35.5. The second-order valence-electron chi connectivity index (χ2n) is 3.77. The van der Waals surface area contributed by atoms with Gasteiger partial charge in [-0.15, -0.1) is 0 Å². The van der Waals surface area contributed by atoms with Crippen molar-refractivity contribution in [3.63, 3.8) is 0 Å². The number of carbonyl (C=O) groups is 2. The van der Waals surface area contributed by atoms with Gasteiger partial charge in [-0.1, -0.05) is 34.8 Å². The van der Waals surface area contributed by atoms with E-state index in [-0.39, 0.29) is 28.7 Å². The van der Waals surface area contributed by atoms with E-state index >= 15 is 0 Å². The molecule has 1 aromatic carbocycles. The Kier molecular flexibility index (Phi) is 6.35. The van der Waals surface area contributed by atoms with Crippen LogP contribution in [-0.2, 0) is 4.79 Å². The molecule has 110 valence electrons. The lowest BCUT2D eigenvalue weighted by Gasteiger charge is -2.11. The summed E-state index contributed by atoms with van der Waals surface area (Å²) in [5.41, 5.74) is 0.189. The number of aliphatic hydroxyl groups excluding tert-OH is 1. The molecule has 0 aliphatic rings. The molecule has 0 spiro atoms. The van der Waals surface area contributed by atoms with Gasteiger partial charge in [0.25, 0.3) is 0 Å². The van der Waals surface area contributed by atoms with Crippen LogP contribution < -0.4 is 10.6 Å². The van der Waals surface area contributed by atoms with Crippen LogP contribution in [0.1, 0.15) is 6.42 Å². The highest BCUT2D eigenvalue weighted by molar-refractivity contribution is 6.42. The largest absolute Gasteiger partial charge is 0.479 e. The Morgan fingerprint density at radius 2 is 1.75 bits per heavy atom. The van der Waals surface area contributed by atoms with Crippen molar-refractivity contribution in [2.75, 3.05) is 11.9 Å². The van der Waals surface area contributed by atoms with Gasteiger partial charge in [0, 0.05) is 18.0 Å². The van der Waals surface area contributed by atoms with Crippen LogP contribution in [0.3, 0.4) is 0 Å². The minimum Gasteiger partial charge on any atom is -0.479 e. The number of hydrogen-bond donors (Lipinski definition) is 4. The van der Waals surface area contributed by atoms with Crippen LogP contribution in [0, 0.1) is 0 Å². The SMILES string of the molecule is O=C(NCC[C@H](O)C(=O)O)Nc1c(Cl)cc(Cl)cc1Cl. The number of nitrogens with one attached hydrogen (secondary N) is 2. The van der Waals surface area contributed by atoms with Gasteiger partial charge >= 0.3 is 12.0 Å². The quantitative estimate of drug-likeness (QED) is 0.661. The Bertz CT molecular complexity index is 501. The second-order valence-corrected chi connectivity index (χ2v) is 5.02. The van der Waals surface area contributed by atoms with E-state index in [0.29, 0.717) is 5.02 Å². The summed E-state index contributed by atoms with van der Waals surface area (Å²) < 4.78 is 0. The van der Waals surface area contributed by atoms with Gasteiger partial charge in [-0.3, -0.25) is 0 Å². The number of aliphatic carboxylic acids is 1. The highest BCUT2D eigenvalue weighted by Gasteiger charge is 2.14. The lowest BCUT2D eigenvalue weighted by molar-refractivity contribution is -0.146. The van der Waals surface area contributed by atoms with Crippen LogP contribution in [-0.4, -0.2) is 34.9 Å². The molecule has 2 amide bonds. The number of carboxylic acid groups (broad SMARTS) is 1. The summed E-state index contributed by atoms with van der Waals surface area (Å²) in [6.07, 6.45) is -1.65. The molecule has 0 aromatic heterocycles. The number of urea groups is 1. The summed E-state index contributed by atoms with van der Waals surface area (Å²) in [6.45, 7) is -0.0257. The summed E-state index contributed by atoms with van der Waals surface area (Å²) in [5.74, 6) is -1.35. The second kappa shape index (κ2) is 7.54. The molecule has 0 fully saturated rings. The zero-order valence-corrected chi connectivity index (χ0v) is 12.3. The average Bonchev–Trinajstić information content (AvgIpc) is 2.33. The lowest BCUT2D eigenvalue weighted by Crippen LogP contribution is -2.33. The first-order chi connectivity index (χ1) is 9.31. The molecule has 0 unspecified atom stereocenters. The minimum absolute atomic E-state index is 0.0257. The average molecular weight is 342 g/mol. The first-order valence-corrected chi connectivity index (χ1v) is 6.55. The normalized spacial score (nSPS) is 11.8. The fourth-order valence-electron chi connectivity index (χ4n) is 1.27. The van der Waals surface area contributed by atoms with Gasteiger partial charge in [-0.25, -0.2) is 9.59 Å². The van der Waals surface area contributed by atoms with Gasteiger partial charge in [0.15, 0.2) is 6.10 Å². The fraction of sp³-hybridized carbons (Fsp3) is 0.273. The van der Waals surface area contributed by atoms with Crippen molar-refractivity contribution in [2.24, 2.45) is 0 Å². The van der Waals surface area contributed by atoms with Crippen molar-refractivity contribution in [1.29, 1.82) is 0 Å². The molecule has 0 aliphatic heterocycles. The Labute approximate surface area is 129 Å². The predicted molar refractivity (Wildman–Crippen MR) is 76.8 cm³/mol. The fourth-order valence-corrected chi connectivity index (χ4v) is 2.18. The first kappa shape index (κ1) is 16.8. The molecule has 0 radical (unpaired) electrons. The van der Waals surface area contributed by atoms with Gasteiger partial charge in [0.2, 0.25) is 0 Å². The number of halogens is 3. The summed E-state index contributed by atoms with van der Waals surface area (Å²) in [7, 11) is 0. The number of carboxylic acids is 1. The predicted octanol–water partition coefficient (Wildman–Crippen LogP) is 2.60. The molecule has 0 saturated carbocycles. The smallest absolute Gasteiger partial charge is 0.332 e. The molecule has 4 N–H and O–H groups in total. The Morgan fingerprint density at radius 3 is 2.25 bits per heavy atom. The molecule has 1 atom stereocenters.